The molecule has 0 aromatic heterocycles. The molecular formula is C14H19F2N2O3P. The fraction of sp³-hybridized carbons (Fsp3) is 0.571. The first kappa shape index (κ1) is 17.2. The van der Waals surface area contributed by atoms with E-state index in [0.29, 0.717) is 5.56 Å². The van der Waals surface area contributed by atoms with Crippen LogP contribution >= 0.6 is 7.60 Å². The maximum atomic E-state index is 14.9. The lowest BCUT2D eigenvalue weighted by atomic mass is 9.95. The second-order valence-corrected chi connectivity index (χ2v) is 6.93. The zero-order chi connectivity index (χ0) is 16.2. The fourth-order valence-corrected chi connectivity index (χ4v) is 4.13. The molecule has 0 saturated carbocycles. The highest BCUT2D eigenvalue weighted by atomic mass is 31.2. The Morgan fingerprint density at radius 3 is 2.36 bits per heavy atom. The van der Waals surface area contributed by atoms with Crippen LogP contribution in [0.1, 0.15) is 25.5 Å². The third-order valence-corrected chi connectivity index (χ3v) is 5.67. The lowest BCUT2D eigenvalue weighted by Gasteiger charge is -2.31. The van der Waals surface area contributed by atoms with Crippen LogP contribution in [-0.2, 0) is 13.6 Å². The maximum absolute atomic E-state index is 14.9. The number of hydrogen-bond donors (Lipinski definition) is 0. The number of alkyl halides is 2. The molecule has 22 heavy (non-hydrogen) atoms. The largest absolute Gasteiger partial charge is 0.400 e. The molecule has 0 saturated heterocycles. The molecule has 1 aromatic rings. The van der Waals surface area contributed by atoms with Gasteiger partial charge in [-0.3, -0.25) is 4.57 Å². The van der Waals surface area contributed by atoms with Gasteiger partial charge in [-0.25, -0.2) is 0 Å². The molecule has 5 nitrogen and oxygen atoms in total. The van der Waals surface area contributed by atoms with Gasteiger partial charge in [0.15, 0.2) is 0 Å². The predicted molar refractivity (Wildman–Crippen MR) is 78.2 cm³/mol. The Morgan fingerprint density at radius 2 is 1.82 bits per heavy atom. The van der Waals surface area contributed by atoms with Crippen molar-refractivity contribution in [3.63, 3.8) is 0 Å². The van der Waals surface area contributed by atoms with Crippen molar-refractivity contribution in [2.45, 2.75) is 25.6 Å². The quantitative estimate of drug-likeness (QED) is 0.682. The van der Waals surface area contributed by atoms with Gasteiger partial charge in [0, 0.05) is 0 Å². The highest BCUT2D eigenvalue weighted by molar-refractivity contribution is 7.55. The van der Waals surface area contributed by atoms with E-state index < -0.39 is 25.2 Å². The van der Waals surface area contributed by atoms with E-state index in [4.69, 9.17) is 9.05 Å². The van der Waals surface area contributed by atoms with Gasteiger partial charge in [0.1, 0.15) is 6.04 Å². The molecule has 0 spiro atoms. The standard InChI is InChI=1S/C14H19F2N2O3P/c1-3-20-22(19,21-4-2)14(15,16)12-10-17-18-13(12)11-8-6-5-7-9-11/h5-9,12-13H,3-4,10H2,1-2H3/t12-,13+/m1/s1. The van der Waals surface area contributed by atoms with E-state index >= 15 is 0 Å². The average molecular weight is 332 g/mol. The monoisotopic (exact) mass is 332 g/mol. The third kappa shape index (κ3) is 3.12. The van der Waals surface area contributed by atoms with Crippen molar-refractivity contribution in [3.05, 3.63) is 35.9 Å². The van der Waals surface area contributed by atoms with Gasteiger partial charge in [-0.1, -0.05) is 30.3 Å². The second kappa shape index (κ2) is 6.94. The predicted octanol–water partition coefficient (Wildman–Crippen LogP) is 4.67. The normalized spacial score (nSPS) is 22.2. The van der Waals surface area contributed by atoms with Gasteiger partial charge in [0.2, 0.25) is 0 Å². The molecule has 0 aliphatic carbocycles. The molecule has 1 heterocycles. The van der Waals surface area contributed by atoms with Crippen molar-refractivity contribution in [3.8, 4) is 0 Å². The van der Waals surface area contributed by atoms with Crippen molar-refractivity contribution in [2.24, 2.45) is 16.1 Å². The van der Waals surface area contributed by atoms with Crippen LogP contribution in [0.25, 0.3) is 0 Å². The van der Waals surface area contributed by atoms with E-state index in [1.165, 1.54) is 13.8 Å². The highest BCUT2D eigenvalue weighted by Crippen LogP contribution is 2.67. The Bertz CT molecular complexity index is 558. The Balaban J connectivity index is 2.33. The lowest BCUT2D eigenvalue weighted by Crippen LogP contribution is -2.34. The number of rotatable bonds is 7. The van der Waals surface area contributed by atoms with Gasteiger partial charge in [-0.15, -0.1) is 0 Å². The van der Waals surface area contributed by atoms with Gasteiger partial charge in [-0.05, 0) is 19.4 Å². The summed E-state index contributed by atoms with van der Waals surface area (Å²) in [6.07, 6.45) is 0. The van der Waals surface area contributed by atoms with Gasteiger partial charge in [0.05, 0.1) is 25.7 Å². The van der Waals surface area contributed by atoms with Crippen molar-refractivity contribution in [1.29, 1.82) is 0 Å². The first-order valence-corrected chi connectivity index (χ1v) is 8.69. The molecule has 8 heteroatoms. The summed E-state index contributed by atoms with van der Waals surface area (Å²) < 4.78 is 51.9. The molecule has 0 N–H and O–H groups in total. The molecule has 1 aromatic carbocycles. The molecule has 1 aliphatic rings. The SMILES string of the molecule is CCOP(=O)(OCC)C(F)(F)[C@@H]1CN=N[C@H]1c1ccccc1. The molecule has 2 rings (SSSR count). The third-order valence-electron chi connectivity index (χ3n) is 3.42. The minimum absolute atomic E-state index is 0.121. The van der Waals surface area contributed by atoms with Crippen molar-refractivity contribution >= 4 is 7.60 Å². The van der Waals surface area contributed by atoms with Gasteiger partial charge in [-0.2, -0.15) is 19.0 Å². The minimum Gasteiger partial charge on any atom is -0.305 e. The van der Waals surface area contributed by atoms with Crippen LogP contribution in [0.4, 0.5) is 8.78 Å². The topological polar surface area (TPSA) is 60.2 Å². The number of nitrogens with zero attached hydrogens (tertiary/aromatic N) is 2. The average Bonchev–Trinajstić information content (AvgIpc) is 2.98. The molecule has 0 fully saturated rings. The molecule has 0 bridgehead atoms. The van der Waals surface area contributed by atoms with E-state index in [-0.39, 0.29) is 19.8 Å². The zero-order valence-electron chi connectivity index (χ0n) is 12.5. The molecule has 0 amide bonds. The van der Waals surface area contributed by atoms with Gasteiger partial charge < -0.3 is 9.05 Å². The van der Waals surface area contributed by atoms with Gasteiger partial charge >= 0.3 is 13.3 Å². The summed E-state index contributed by atoms with van der Waals surface area (Å²) in [4.78, 5) is 0. The fourth-order valence-electron chi connectivity index (χ4n) is 2.40. The maximum Gasteiger partial charge on any atom is 0.400 e. The van der Waals surface area contributed by atoms with Crippen molar-refractivity contribution < 1.29 is 22.4 Å². The first-order valence-electron chi connectivity index (χ1n) is 7.14. The van der Waals surface area contributed by atoms with E-state index in [9.17, 15) is 13.3 Å². The number of halogens is 2. The number of hydrogen-bond acceptors (Lipinski definition) is 5. The van der Waals surface area contributed by atoms with Crippen LogP contribution in [0.5, 0.6) is 0 Å². The molecule has 0 unspecified atom stereocenters. The van der Waals surface area contributed by atoms with Crippen LogP contribution < -0.4 is 0 Å². The van der Waals surface area contributed by atoms with Gasteiger partial charge in [0.25, 0.3) is 0 Å². The van der Waals surface area contributed by atoms with E-state index in [2.05, 4.69) is 10.2 Å². The summed E-state index contributed by atoms with van der Waals surface area (Å²) in [7, 11) is -4.58. The number of azo groups is 1. The van der Waals surface area contributed by atoms with Crippen LogP contribution in [0.15, 0.2) is 40.6 Å². The number of benzene rings is 1. The Labute approximate surface area is 128 Å². The van der Waals surface area contributed by atoms with Crippen molar-refractivity contribution in [1.82, 2.24) is 0 Å². The lowest BCUT2D eigenvalue weighted by molar-refractivity contribution is -0.0128. The minimum atomic E-state index is -4.58. The summed E-state index contributed by atoms with van der Waals surface area (Å²) in [6, 6.07) is 7.81. The van der Waals surface area contributed by atoms with E-state index in [1.54, 1.807) is 30.3 Å². The van der Waals surface area contributed by atoms with Crippen LogP contribution in [-0.4, -0.2) is 25.4 Å². The molecule has 0 radical (unpaired) electrons. The summed E-state index contributed by atoms with van der Waals surface area (Å²) >= 11 is 0. The molecule has 2 atom stereocenters. The van der Waals surface area contributed by atoms with Crippen LogP contribution in [0.2, 0.25) is 0 Å². The molecular weight excluding hydrogens is 313 g/mol. The molecule has 122 valence electrons. The zero-order valence-corrected chi connectivity index (χ0v) is 13.4. The smallest absolute Gasteiger partial charge is 0.305 e. The van der Waals surface area contributed by atoms with Crippen LogP contribution in [0.3, 0.4) is 0 Å². The van der Waals surface area contributed by atoms with E-state index in [0.717, 1.165) is 0 Å². The molecule has 1 aliphatic heterocycles. The summed E-state index contributed by atoms with van der Waals surface area (Å²) in [5.74, 6) is -1.35. The Morgan fingerprint density at radius 1 is 1.23 bits per heavy atom. The first-order chi connectivity index (χ1) is 10.5. The summed E-state index contributed by atoms with van der Waals surface area (Å²) in [5.41, 5.74) is -3.06. The Hall–Kier alpha value is -1.17. The summed E-state index contributed by atoms with van der Waals surface area (Å²) in [5, 5.41) is 7.64. The van der Waals surface area contributed by atoms with Crippen molar-refractivity contribution in [2.75, 3.05) is 19.8 Å². The highest BCUT2D eigenvalue weighted by Gasteiger charge is 2.62. The Kier molecular flexibility index (Phi) is 5.42. The van der Waals surface area contributed by atoms with E-state index in [1.807, 2.05) is 0 Å². The second-order valence-electron chi connectivity index (χ2n) is 4.82. The van der Waals surface area contributed by atoms with Crippen LogP contribution in [0, 0.1) is 5.92 Å². The summed E-state index contributed by atoms with van der Waals surface area (Å²) in [6.45, 7) is 2.55.